The van der Waals surface area contributed by atoms with Gasteiger partial charge in [-0.05, 0) is 65.3 Å². The fourth-order valence-corrected chi connectivity index (χ4v) is 16.4. The standard InChI is InChI=1S/C14H39NO3Si4/c1-11-12-13-14(15)22(16-19(2,3)4,17-20(5,6)7)18-21(8,9)10/h14H,11-13,15H2,1-10H3. The van der Waals surface area contributed by atoms with Crippen LogP contribution in [0.15, 0.2) is 0 Å². The van der Waals surface area contributed by atoms with Crippen molar-refractivity contribution in [2.24, 2.45) is 5.73 Å². The molecule has 0 spiro atoms. The van der Waals surface area contributed by atoms with E-state index in [1.165, 1.54) is 0 Å². The van der Waals surface area contributed by atoms with Crippen molar-refractivity contribution in [3.8, 4) is 0 Å². The van der Waals surface area contributed by atoms with Gasteiger partial charge in [-0.25, -0.2) is 0 Å². The van der Waals surface area contributed by atoms with Gasteiger partial charge in [-0.15, -0.1) is 0 Å². The summed E-state index contributed by atoms with van der Waals surface area (Å²) in [5.74, 6) is 0. The molecule has 0 radical (unpaired) electrons. The maximum absolute atomic E-state index is 6.61. The molecule has 0 aromatic heterocycles. The fraction of sp³-hybridized carbons (Fsp3) is 1.00. The predicted octanol–water partition coefficient (Wildman–Crippen LogP) is 4.54. The molecule has 0 aromatic rings. The van der Waals surface area contributed by atoms with E-state index >= 15 is 0 Å². The number of nitrogens with two attached hydrogens (primary N) is 1. The first kappa shape index (κ1) is 22.7. The summed E-state index contributed by atoms with van der Waals surface area (Å²) in [6.45, 7) is 22.0. The second-order valence-corrected chi connectivity index (χ2v) is 26.1. The molecule has 4 nitrogen and oxygen atoms in total. The van der Waals surface area contributed by atoms with Crippen molar-refractivity contribution in [1.82, 2.24) is 0 Å². The molecule has 0 bridgehead atoms. The molecule has 1 atom stereocenters. The zero-order valence-electron chi connectivity index (χ0n) is 16.5. The van der Waals surface area contributed by atoms with Crippen LogP contribution in [0.4, 0.5) is 0 Å². The fourth-order valence-electron chi connectivity index (χ4n) is 2.17. The molecule has 22 heavy (non-hydrogen) atoms. The topological polar surface area (TPSA) is 53.7 Å². The van der Waals surface area contributed by atoms with Gasteiger partial charge >= 0.3 is 8.80 Å². The molecule has 0 heterocycles. The Balaban J connectivity index is 5.67. The highest BCUT2D eigenvalue weighted by Crippen LogP contribution is 2.29. The molecule has 0 aliphatic carbocycles. The van der Waals surface area contributed by atoms with E-state index in [0.29, 0.717) is 0 Å². The van der Waals surface area contributed by atoms with Gasteiger partial charge in [-0.2, -0.15) is 0 Å². The first-order valence-electron chi connectivity index (χ1n) is 8.46. The van der Waals surface area contributed by atoms with Gasteiger partial charge in [-0.3, -0.25) is 0 Å². The lowest BCUT2D eigenvalue weighted by atomic mass is 10.2. The summed E-state index contributed by atoms with van der Waals surface area (Å²) in [5, 5.41) is 0. The van der Waals surface area contributed by atoms with E-state index < -0.39 is 33.8 Å². The molecular weight excluding hydrogens is 343 g/mol. The largest absolute Gasteiger partial charge is 0.487 e. The normalized spacial score (nSPS) is 16.0. The van der Waals surface area contributed by atoms with Crippen LogP contribution >= 0.6 is 0 Å². The molecule has 0 aromatic carbocycles. The second-order valence-electron chi connectivity index (χ2n) is 9.00. The molecule has 134 valence electrons. The van der Waals surface area contributed by atoms with Crippen molar-refractivity contribution in [2.75, 3.05) is 0 Å². The Labute approximate surface area is 142 Å². The minimum atomic E-state index is -2.88. The van der Waals surface area contributed by atoms with Crippen LogP contribution < -0.4 is 5.73 Å². The van der Waals surface area contributed by atoms with E-state index in [1.807, 2.05) is 0 Å². The smallest absolute Gasteiger partial charge is 0.416 e. The molecule has 0 amide bonds. The van der Waals surface area contributed by atoms with Crippen LogP contribution in [0, 0.1) is 0 Å². The first-order chi connectivity index (χ1) is 9.60. The molecule has 0 rings (SSSR count). The highest BCUT2D eigenvalue weighted by atomic mass is 28.5. The van der Waals surface area contributed by atoms with Gasteiger partial charge in [0.15, 0.2) is 25.0 Å². The van der Waals surface area contributed by atoms with Gasteiger partial charge in [0.05, 0.1) is 5.67 Å². The minimum Gasteiger partial charge on any atom is -0.416 e. The summed E-state index contributed by atoms with van der Waals surface area (Å²) < 4.78 is 19.8. The highest BCUT2D eigenvalue weighted by Gasteiger charge is 2.54. The van der Waals surface area contributed by atoms with Crippen LogP contribution in [0.2, 0.25) is 58.9 Å². The van der Waals surface area contributed by atoms with E-state index in [1.54, 1.807) is 0 Å². The van der Waals surface area contributed by atoms with Gasteiger partial charge in [0.1, 0.15) is 0 Å². The quantitative estimate of drug-likeness (QED) is 0.564. The third kappa shape index (κ3) is 9.76. The Morgan fingerprint density at radius 2 is 1.05 bits per heavy atom. The van der Waals surface area contributed by atoms with Crippen molar-refractivity contribution in [2.45, 2.75) is 90.8 Å². The molecule has 0 saturated heterocycles. The maximum Gasteiger partial charge on any atom is 0.487 e. The third-order valence-corrected chi connectivity index (χ3v) is 14.6. The van der Waals surface area contributed by atoms with E-state index in [9.17, 15) is 0 Å². The van der Waals surface area contributed by atoms with Crippen molar-refractivity contribution < 1.29 is 12.3 Å². The maximum atomic E-state index is 6.61. The average molecular weight is 382 g/mol. The molecule has 1 unspecified atom stereocenters. The number of unbranched alkanes of at least 4 members (excludes halogenated alkanes) is 1. The van der Waals surface area contributed by atoms with Crippen LogP contribution in [0.1, 0.15) is 26.2 Å². The van der Waals surface area contributed by atoms with Gasteiger partial charge < -0.3 is 18.1 Å². The van der Waals surface area contributed by atoms with Gasteiger partial charge in [-0.1, -0.05) is 19.8 Å². The number of hydrogen-bond acceptors (Lipinski definition) is 4. The zero-order chi connectivity index (χ0) is 17.8. The summed E-state index contributed by atoms with van der Waals surface area (Å²) in [5.41, 5.74) is 6.50. The summed E-state index contributed by atoms with van der Waals surface area (Å²) >= 11 is 0. The molecule has 0 saturated carbocycles. The van der Waals surface area contributed by atoms with Gasteiger partial charge in [0, 0.05) is 0 Å². The summed E-state index contributed by atoms with van der Waals surface area (Å²) in [6, 6.07) is 0. The lowest BCUT2D eigenvalue weighted by Crippen LogP contribution is -2.69. The van der Waals surface area contributed by atoms with Crippen molar-refractivity contribution in [3.05, 3.63) is 0 Å². The van der Waals surface area contributed by atoms with E-state index in [0.717, 1.165) is 19.3 Å². The zero-order valence-corrected chi connectivity index (χ0v) is 20.5. The first-order valence-corrected chi connectivity index (χ1v) is 20.5. The van der Waals surface area contributed by atoms with Crippen LogP contribution in [-0.2, 0) is 12.3 Å². The summed E-state index contributed by atoms with van der Waals surface area (Å²) in [6.07, 6.45) is 3.14. The SMILES string of the molecule is CCCCC(N)[Si](O[Si](C)(C)C)(O[Si](C)(C)C)O[Si](C)(C)C. The Kier molecular flexibility index (Phi) is 8.46. The van der Waals surface area contributed by atoms with Crippen LogP contribution in [-0.4, -0.2) is 39.4 Å². The molecule has 2 N–H and O–H groups in total. The molecular formula is C14H39NO3Si4. The molecule has 8 heteroatoms. The lowest BCUT2D eigenvalue weighted by molar-refractivity contribution is 0.233. The monoisotopic (exact) mass is 381 g/mol. The van der Waals surface area contributed by atoms with E-state index in [-0.39, 0.29) is 5.67 Å². The molecule has 0 fully saturated rings. The van der Waals surface area contributed by atoms with Crippen molar-refractivity contribution >= 4 is 33.8 Å². The average Bonchev–Trinajstić information content (AvgIpc) is 2.17. The summed E-state index contributed by atoms with van der Waals surface area (Å²) in [7, 11) is -8.33. The van der Waals surface area contributed by atoms with Crippen LogP contribution in [0.25, 0.3) is 0 Å². The Morgan fingerprint density at radius 1 is 0.727 bits per heavy atom. The predicted molar refractivity (Wildman–Crippen MR) is 107 cm³/mol. The minimum absolute atomic E-state index is 0.113. The van der Waals surface area contributed by atoms with Crippen molar-refractivity contribution in [1.29, 1.82) is 0 Å². The van der Waals surface area contributed by atoms with Gasteiger partial charge in [0.2, 0.25) is 0 Å². The van der Waals surface area contributed by atoms with Crippen LogP contribution in [0.5, 0.6) is 0 Å². The highest BCUT2D eigenvalue weighted by molar-refractivity contribution is 6.90. The van der Waals surface area contributed by atoms with Gasteiger partial charge in [0.25, 0.3) is 0 Å². The Morgan fingerprint density at radius 3 is 1.27 bits per heavy atom. The summed E-state index contributed by atoms with van der Waals surface area (Å²) in [4.78, 5) is 0. The number of rotatable bonds is 10. The van der Waals surface area contributed by atoms with Crippen molar-refractivity contribution in [3.63, 3.8) is 0 Å². The Hall–Kier alpha value is 0.708. The molecule has 0 aliphatic rings. The third-order valence-electron chi connectivity index (χ3n) is 2.67. The second kappa shape index (κ2) is 8.19. The van der Waals surface area contributed by atoms with E-state index in [4.69, 9.17) is 18.1 Å². The van der Waals surface area contributed by atoms with E-state index in [2.05, 4.69) is 65.8 Å². The Bertz CT molecular complexity index is 294. The number of hydrogen-bond donors (Lipinski definition) is 1. The van der Waals surface area contributed by atoms with Crippen LogP contribution in [0.3, 0.4) is 0 Å². The lowest BCUT2D eigenvalue weighted by Gasteiger charge is -2.45. The molecule has 0 aliphatic heterocycles.